The molecule has 3 aromatic rings. The minimum absolute atomic E-state index is 0.0430. The predicted octanol–water partition coefficient (Wildman–Crippen LogP) is 4.26. The van der Waals surface area contributed by atoms with Gasteiger partial charge in [0.25, 0.3) is 10.0 Å². The lowest BCUT2D eigenvalue weighted by Crippen LogP contribution is -2.51. The average molecular weight is 602 g/mol. The Balaban J connectivity index is 1.69. The molecule has 3 aromatic carbocycles. The second-order valence-electron chi connectivity index (χ2n) is 9.76. The molecule has 0 saturated carbocycles. The zero-order valence-electron chi connectivity index (χ0n) is 23.4. The van der Waals surface area contributed by atoms with E-state index in [1.54, 1.807) is 6.92 Å². The molecule has 4 rings (SSSR count). The molecule has 0 aliphatic carbocycles. The van der Waals surface area contributed by atoms with Gasteiger partial charge in [0.15, 0.2) is 11.5 Å². The van der Waals surface area contributed by atoms with E-state index in [0.29, 0.717) is 24.5 Å². The van der Waals surface area contributed by atoms with Gasteiger partial charge in [-0.05, 0) is 67.4 Å². The van der Waals surface area contributed by atoms with Crippen LogP contribution in [0.2, 0.25) is 0 Å². The second-order valence-corrected chi connectivity index (χ2v) is 11.6. The van der Waals surface area contributed by atoms with Gasteiger partial charge in [-0.1, -0.05) is 25.5 Å². The van der Waals surface area contributed by atoms with Gasteiger partial charge in [-0.2, -0.15) is 0 Å². The summed E-state index contributed by atoms with van der Waals surface area (Å²) in [6.45, 7) is 3.72. The third-order valence-electron chi connectivity index (χ3n) is 6.76. The van der Waals surface area contributed by atoms with Crippen molar-refractivity contribution in [2.75, 3.05) is 30.6 Å². The summed E-state index contributed by atoms with van der Waals surface area (Å²) in [4.78, 5) is 28.0. The van der Waals surface area contributed by atoms with Crippen molar-refractivity contribution < 1.29 is 36.3 Å². The molecule has 0 saturated heterocycles. The van der Waals surface area contributed by atoms with Gasteiger partial charge in [-0.15, -0.1) is 0 Å². The maximum Gasteiger partial charge on any atom is 0.264 e. The number of anilines is 1. The molecule has 2 amide bonds. The molecule has 42 heavy (non-hydrogen) atoms. The normalized spacial score (nSPS) is 13.2. The van der Waals surface area contributed by atoms with Gasteiger partial charge in [0.1, 0.15) is 37.4 Å². The molecular formula is C30H33F2N3O6S. The Morgan fingerprint density at radius 1 is 0.929 bits per heavy atom. The van der Waals surface area contributed by atoms with Crippen molar-refractivity contribution in [2.45, 2.75) is 44.2 Å². The smallest absolute Gasteiger partial charge is 0.264 e. The Morgan fingerprint density at radius 2 is 1.55 bits per heavy atom. The number of sulfonamides is 1. The zero-order chi connectivity index (χ0) is 30.3. The van der Waals surface area contributed by atoms with E-state index in [2.05, 4.69) is 5.32 Å². The fraction of sp³-hybridized carbons (Fsp3) is 0.333. The SMILES string of the molecule is CCCCNC(=O)C(C)N(Cc1ccc(F)cc1)C(=O)CN(c1ccc(F)cc1)S(=O)(=O)c1ccc2c(c1)OCCO2. The first-order valence-corrected chi connectivity index (χ1v) is 15.0. The van der Waals surface area contributed by atoms with Crippen LogP contribution in [0.25, 0.3) is 0 Å². The van der Waals surface area contributed by atoms with E-state index < -0.39 is 46.1 Å². The fourth-order valence-electron chi connectivity index (χ4n) is 4.35. The highest BCUT2D eigenvalue weighted by Crippen LogP contribution is 2.34. The van der Waals surface area contributed by atoms with Crippen molar-refractivity contribution in [2.24, 2.45) is 0 Å². The highest BCUT2D eigenvalue weighted by molar-refractivity contribution is 7.92. The summed E-state index contributed by atoms with van der Waals surface area (Å²) in [6, 6.07) is 13.3. The lowest BCUT2D eigenvalue weighted by Gasteiger charge is -2.32. The van der Waals surface area contributed by atoms with Crippen LogP contribution in [-0.2, 0) is 26.2 Å². The second kappa shape index (κ2) is 13.6. The van der Waals surface area contributed by atoms with E-state index in [1.807, 2.05) is 6.92 Å². The average Bonchev–Trinajstić information content (AvgIpc) is 2.99. The van der Waals surface area contributed by atoms with Crippen molar-refractivity contribution in [3.05, 3.63) is 83.9 Å². The van der Waals surface area contributed by atoms with E-state index in [0.717, 1.165) is 29.3 Å². The molecule has 1 aliphatic heterocycles. The highest BCUT2D eigenvalue weighted by atomic mass is 32.2. The quantitative estimate of drug-likeness (QED) is 0.311. The molecule has 1 heterocycles. The van der Waals surface area contributed by atoms with E-state index in [9.17, 15) is 26.8 Å². The lowest BCUT2D eigenvalue weighted by molar-refractivity contribution is -0.139. The molecule has 1 unspecified atom stereocenters. The number of carbonyl (C=O) groups excluding carboxylic acids is 2. The fourth-order valence-corrected chi connectivity index (χ4v) is 5.78. The van der Waals surface area contributed by atoms with Crippen LogP contribution in [0.15, 0.2) is 71.6 Å². The van der Waals surface area contributed by atoms with E-state index in [1.165, 1.54) is 59.5 Å². The van der Waals surface area contributed by atoms with E-state index in [-0.39, 0.29) is 29.5 Å². The first kappa shape index (κ1) is 30.8. The standard InChI is InChI=1S/C30H33F2N3O6S/c1-3-4-15-33-30(37)21(2)34(19-22-5-7-23(31)8-6-22)29(36)20-35(25-11-9-24(32)10-12-25)42(38,39)26-13-14-27-28(18-26)41-17-16-40-27/h5-14,18,21H,3-4,15-17,19-20H2,1-2H3,(H,33,37). The van der Waals surface area contributed by atoms with Crippen LogP contribution in [0, 0.1) is 11.6 Å². The first-order chi connectivity index (χ1) is 20.1. The number of fused-ring (bicyclic) bond motifs is 1. The molecule has 0 radical (unpaired) electrons. The summed E-state index contributed by atoms with van der Waals surface area (Å²) in [5, 5.41) is 2.80. The molecule has 9 nitrogen and oxygen atoms in total. The van der Waals surface area contributed by atoms with E-state index in [4.69, 9.17) is 9.47 Å². The number of nitrogens with zero attached hydrogens (tertiary/aromatic N) is 2. The summed E-state index contributed by atoms with van der Waals surface area (Å²) < 4.78 is 67.2. The minimum atomic E-state index is -4.39. The summed E-state index contributed by atoms with van der Waals surface area (Å²) in [7, 11) is -4.39. The van der Waals surface area contributed by atoms with Crippen LogP contribution in [0.4, 0.5) is 14.5 Å². The van der Waals surface area contributed by atoms with E-state index >= 15 is 0 Å². The van der Waals surface area contributed by atoms with Crippen molar-refractivity contribution in [3.63, 3.8) is 0 Å². The van der Waals surface area contributed by atoms with Crippen LogP contribution < -0.4 is 19.1 Å². The monoisotopic (exact) mass is 601 g/mol. The predicted molar refractivity (Wildman–Crippen MR) is 153 cm³/mol. The van der Waals surface area contributed by atoms with Gasteiger partial charge in [0, 0.05) is 19.2 Å². The Hall–Kier alpha value is -4.19. The number of unbranched alkanes of at least 4 members (excludes halogenated alkanes) is 1. The summed E-state index contributed by atoms with van der Waals surface area (Å²) in [6.07, 6.45) is 1.60. The van der Waals surface area contributed by atoms with Crippen LogP contribution in [-0.4, -0.2) is 57.5 Å². The number of benzene rings is 3. The van der Waals surface area contributed by atoms with Crippen molar-refractivity contribution in [1.82, 2.24) is 10.2 Å². The number of hydrogen-bond acceptors (Lipinski definition) is 6. The summed E-state index contributed by atoms with van der Waals surface area (Å²) in [5.41, 5.74) is 0.586. The molecule has 1 aliphatic rings. The van der Waals surface area contributed by atoms with Gasteiger partial charge in [0.2, 0.25) is 11.8 Å². The number of amides is 2. The number of hydrogen-bond donors (Lipinski definition) is 1. The maximum atomic E-state index is 14.0. The first-order valence-electron chi connectivity index (χ1n) is 13.6. The lowest BCUT2D eigenvalue weighted by atomic mass is 10.1. The van der Waals surface area contributed by atoms with Crippen LogP contribution in [0.1, 0.15) is 32.3 Å². The third-order valence-corrected chi connectivity index (χ3v) is 8.53. The number of nitrogens with one attached hydrogen (secondary N) is 1. The Bertz CT molecular complexity index is 1500. The van der Waals surface area contributed by atoms with Gasteiger partial charge in [-0.25, -0.2) is 17.2 Å². The van der Waals surface area contributed by atoms with Crippen molar-refractivity contribution in [1.29, 1.82) is 0 Å². The van der Waals surface area contributed by atoms with Gasteiger partial charge < -0.3 is 19.7 Å². The zero-order valence-corrected chi connectivity index (χ0v) is 24.2. The van der Waals surface area contributed by atoms with Crippen LogP contribution in [0.5, 0.6) is 11.5 Å². The molecular weight excluding hydrogens is 568 g/mol. The van der Waals surface area contributed by atoms with Gasteiger partial charge in [-0.3, -0.25) is 13.9 Å². The molecule has 0 spiro atoms. The van der Waals surface area contributed by atoms with Gasteiger partial charge in [0.05, 0.1) is 10.6 Å². The van der Waals surface area contributed by atoms with Crippen molar-refractivity contribution in [3.8, 4) is 11.5 Å². The maximum absolute atomic E-state index is 14.0. The van der Waals surface area contributed by atoms with Crippen molar-refractivity contribution >= 4 is 27.5 Å². The largest absolute Gasteiger partial charge is 0.486 e. The number of carbonyl (C=O) groups is 2. The Labute approximate surface area is 244 Å². The number of halogens is 2. The minimum Gasteiger partial charge on any atom is -0.486 e. The molecule has 0 fully saturated rings. The van der Waals surface area contributed by atoms with Gasteiger partial charge >= 0.3 is 0 Å². The number of rotatable bonds is 12. The molecule has 0 aromatic heterocycles. The Morgan fingerprint density at radius 3 is 2.19 bits per heavy atom. The third kappa shape index (κ3) is 7.35. The molecule has 1 N–H and O–H groups in total. The Kier molecular flexibility index (Phi) is 10.00. The molecule has 0 bridgehead atoms. The molecule has 224 valence electrons. The summed E-state index contributed by atoms with van der Waals surface area (Å²) in [5.74, 6) is -1.53. The molecule has 1 atom stereocenters. The van der Waals surface area contributed by atoms with Crippen LogP contribution >= 0.6 is 0 Å². The van der Waals surface area contributed by atoms with Crippen LogP contribution in [0.3, 0.4) is 0 Å². The summed E-state index contributed by atoms with van der Waals surface area (Å²) >= 11 is 0. The molecule has 12 heteroatoms. The highest BCUT2D eigenvalue weighted by Gasteiger charge is 2.33. The topological polar surface area (TPSA) is 105 Å². The number of ether oxygens (including phenoxy) is 2.